The van der Waals surface area contributed by atoms with Gasteiger partial charge >= 0.3 is 6.09 Å². The first-order chi connectivity index (χ1) is 14.4. The van der Waals surface area contributed by atoms with Crippen molar-refractivity contribution in [1.29, 1.82) is 0 Å². The zero-order valence-electron chi connectivity index (χ0n) is 18.0. The number of carbonyl (C=O) groups is 1. The van der Waals surface area contributed by atoms with Gasteiger partial charge in [0, 0.05) is 45.1 Å². The van der Waals surface area contributed by atoms with Gasteiger partial charge in [0.1, 0.15) is 5.60 Å². The van der Waals surface area contributed by atoms with Crippen molar-refractivity contribution >= 4 is 23.1 Å². The van der Waals surface area contributed by atoms with Gasteiger partial charge in [-0.25, -0.2) is 9.78 Å². The standard InChI is InChI=1S/C22H30N6O2/c1-22(2,3)30-21(29)26-12-7-11-25(14-15-26)20-24-18-8-4-5-9-19(18)28(20)17-16-27-13-6-10-23-27/h4-6,8-10,13H,7,11-12,14-17H2,1-3H3. The van der Waals surface area contributed by atoms with E-state index in [9.17, 15) is 4.79 Å². The predicted molar refractivity (Wildman–Crippen MR) is 117 cm³/mol. The third-order valence-corrected chi connectivity index (χ3v) is 5.18. The number of rotatable bonds is 4. The lowest BCUT2D eigenvalue weighted by Gasteiger charge is -2.26. The number of hydrogen-bond acceptors (Lipinski definition) is 5. The van der Waals surface area contributed by atoms with Crippen molar-refractivity contribution in [1.82, 2.24) is 24.2 Å². The van der Waals surface area contributed by atoms with Crippen molar-refractivity contribution in [2.45, 2.75) is 45.9 Å². The van der Waals surface area contributed by atoms with Crippen LogP contribution < -0.4 is 4.90 Å². The number of aromatic nitrogens is 4. The Balaban J connectivity index is 1.53. The number of aryl methyl sites for hydroxylation is 2. The van der Waals surface area contributed by atoms with E-state index < -0.39 is 5.60 Å². The molecule has 1 saturated heterocycles. The van der Waals surface area contributed by atoms with Gasteiger partial charge in [-0.1, -0.05) is 12.1 Å². The fourth-order valence-electron chi connectivity index (χ4n) is 3.79. The molecule has 0 radical (unpaired) electrons. The topological polar surface area (TPSA) is 68.4 Å². The number of nitrogens with zero attached hydrogens (tertiary/aromatic N) is 6. The fraction of sp³-hybridized carbons (Fsp3) is 0.500. The molecule has 30 heavy (non-hydrogen) atoms. The predicted octanol–water partition coefficient (Wildman–Crippen LogP) is 3.38. The molecule has 160 valence electrons. The van der Waals surface area contributed by atoms with Gasteiger partial charge in [-0.2, -0.15) is 5.10 Å². The molecule has 8 heteroatoms. The summed E-state index contributed by atoms with van der Waals surface area (Å²) in [6.45, 7) is 10.2. The summed E-state index contributed by atoms with van der Waals surface area (Å²) in [6, 6.07) is 10.2. The van der Waals surface area contributed by atoms with Crippen molar-refractivity contribution < 1.29 is 9.53 Å². The summed E-state index contributed by atoms with van der Waals surface area (Å²) in [4.78, 5) is 21.5. The Labute approximate surface area is 177 Å². The number of ether oxygens (including phenoxy) is 1. The maximum Gasteiger partial charge on any atom is 0.410 e. The van der Waals surface area contributed by atoms with Gasteiger partial charge in [-0.3, -0.25) is 4.68 Å². The van der Waals surface area contributed by atoms with Gasteiger partial charge in [0.15, 0.2) is 0 Å². The highest BCUT2D eigenvalue weighted by Crippen LogP contribution is 2.24. The molecule has 1 amide bonds. The first-order valence-electron chi connectivity index (χ1n) is 10.6. The molecule has 1 fully saturated rings. The van der Waals surface area contributed by atoms with Crippen molar-refractivity contribution in [2.24, 2.45) is 0 Å². The second-order valence-electron chi connectivity index (χ2n) is 8.63. The van der Waals surface area contributed by atoms with E-state index in [1.807, 2.05) is 60.8 Å². The second kappa shape index (κ2) is 8.38. The number of amides is 1. The SMILES string of the molecule is CC(C)(C)OC(=O)N1CCCN(c2nc3ccccc3n2CCn2cccn2)CC1. The molecular formula is C22H30N6O2. The molecule has 3 aromatic rings. The van der Waals surface area contributed by atoms with E-state index in [0.717, 1.165) is 49.6 Å². The maximum absolute atomic E-state index is 12.5. The van der Waals surface area contributed by atoms with Gasteiger partial charge in [0.05, 0.1) is 17.6 Å². The van der Waals surface area contributed by atoms with Crippen LogP contribution in [0.4, 0.5) is 10.7 Å². The minimum absolute atomic E-state index is 0.239. The van der Waals surface area contributed by atoms with Crippen LogP contribution in [-0.2, 0) is 17.8 Å². The average molecular weight is 411 g/mol. The molecule has 0 bridgehead atoms. The zero-order chi connectivity index (χ0) is 21.1. The summed E-state index contributed by atoms with van der Waals surface area (Å²) >= 11 is 0. The molecule has 1 aliphatic heterocycles. The first kappa shape index (κ1) is 20.3. The summed E-state index contributed by atoms with van der Waals surface area (Å²) in [5, 5.41) is 4.32. The molecule has 1 aromatic carbocycles. The Bertz CT molecular complexity index is 989. The summed E-state index contributed by atoms with van der Waals surface area (Å²) in [5.74, 6) is 0.953. The molecule has 1 aliphatic rings. The number of imidazole rings is 1. The maximum atomic E-state index is 12.5. The summed E-state index contributed by atoms with van der Waals surface area (Å²) in [6.07, 6.45) is 4.41. The fourth-order valence-corrected chi connectivity index (χ4v) is 3.79. The monoisotopic (exact) mass is 410 g/mol. The summed E-state index contributed by atoms with van der Waals surface area (Å²) in [5.41, 5.74) is 1.62. The van der Waals surface area contributed by atoms with Crippen LogP contribution in [-0.4, -0.2) is 62.1 Å². The third-order valence-electron chi connectivity index (χ3n) is 5.18. The molecule has 2 aromatic heterocycles. The number of anilines is 1. The average Bonchev–Trinajstić information content (AvgIpc) is 3.26. The lowest BCUT2D eigenvalue weighted by Crippen LogP contribution is -2.39. The van der Waals surface area contributed by atoms with Crippen LogP contribution in [0.2, 0.25) is 0 Å². The van der Waals surface area contributed by atoms with Crippen LogP contribution in [0, 0.1) is 0 Å². The smallest absolute Gasteiger partial charge is 0.410 e. The number of para-hydroxylation sites is 2. The van der Waals surface area contributed by atoms with E-state index in [1.54, 1.807) is 6.20 Å². The number of carbonyl (C=O) groups excluding carboxylic acids is 1. The van der Waals surface area contributed by atoms with Crippen LogP contribution in [0.15, 0.2) is 42.7 Å². The molecule has 0 aliphatic carbocycles. The van der Waals surface area contributed by atoms with Gasteiger partial charge in [0.25, 0.3) is 0 Å². The van der Waals surface area contributed by atoms with Crippen LogP contribution in [0.25, 0.3) is 11.0 Å². The molecule has 0 spiro atoms. The highest BCUT2D eigenvalue weighted by atomic mass is 16.6. The molecule has 0 atom stereocenters. The normalized spacial score (nSPS) is 15.4. The highest BCUT2D eigenvalue weighted by Gasteiger charge is 2.26. The first-order valence-corrected chi connectivity index (χ1v) is 10.6. The van der Waals surface area contributed by atoms with Gasteiger partial charge < -0.3 is 19.1 Å². The Kier molecular flexibility index (Phi) is 5.65. The Morgan fingerprint density at radius 3 is 2.67 bits per heavy atom. The Morgan fingerprint density at radius 1 is 1.07 bits per heavy atom. The van der Waals surface area contributed by atoms with E-state index in [0.29, 0.717) is 13.1 Å². The molecule has 4 rings (SSSR count). The molecule has 0 unspecified atom stereocenters. The third kappa shape index (κ3) is 4.58. The Hall–Kier alpha value is -3.03. The van der Waals surface area contributed by atoms with E-state index in [2.05, 4.69) is 20.6 Å². The van der Waals surface area contributed by atoms with E-state index in [-0.39, 0.29) is 6.09 Å². The molecule has 3 heterocycles. The van der Waals surface area contributed by atoms with E-state index in [1.165, 1.54) is 0 Å². The van der Waals surface area contributed by atoms with Crippen LogP contribution >= 0.6 is 0 Å². The Morgan fingerprint density at radius 2 is 1.90 bits per heavy atom. The quantitative estimate of drug-likeness (QED) is 0.660. The zero-order valence-corrected chi connectivity index (χ0v) is 18.0. The minimum atomic E-state index is -0.483. The summed E-state index contributed by atoms with van der Waals surface area (Å²) in [7, 11) is 0. The number of benzene rings is 1. The van der Waals surface area contributed by atoms with E-state index >= 15 is 0 Å². The van der Waals surface area contributed by atoms with Crippen LogP contribution in [0.3, 0.4) is 0 Å². The van der Waals surface area contributed by atoms with Crippen LogP contribution in [0.5, 0.6) is 0 Å². The lowest BCUT2D eigenvalue weighted by atomic mass is 10.2. The molecule has 8 nitrogen and oxygen atoms in total. The second-order valence-corrected chi connectivity index (χ2v) is 8.63. The lowest BCUT2D eigenvalue weighted by molar-refractivity contribution is 0.0263. The molecule has 0 N–H and O–H groups in total. The molecule has 0 saturated carbocycles. The number of fused-ring (bicyclic) bond motifs is 1. The highest BCUT2D eigenvalue weighted by molar-refractivity contribution is 5.79. The van der Waals surface area contributed by atoms with Gasteiger partial charge in [-0.15, -0.1) is 0 Å². The summed E-state index contributed by atoms with van der Waals surface area (Å²) < 4.78 is 9.76. The van der Waals surface area contributed by atoms with Crippen LogP contribution in [0.1, 0.15) is 27.2 Å². The largest absolute Gasteiger partial charge is 0.444 e. The van der Waals surface area contributed by atoms with Gasteiger partial charge in [0.2, 0.25) is 5.95 Å². The van der Waals surface area contributed by atoms with Crippen molar-refractivity contribution in [3.63, 3.8) is 0 Å². The van der Waals surface area contributed by atoms with Crippen molar-refractivity contribution in [3.05, 3.63) is 42.7 Å². The minimum Gasteiger partial charge on any atom is -0.444 e. The molecular weight excluding hydrogens is 380 g/mol. The van der Waals surface area contributed by atoms with Crippen molar-refractivity contribution in [3.8, 4) is 0 Å². The van der Waals surface area contributed by atoms with Gasteiger partial charge in [-0.05, 0) is 45.4 Å². The van der Waals surface area contributed by atoms with Crippen molar-refractivity contribution in [2.75, 3.05) is 31.1 Å². The number of hydrogen-bond donors (Lipinski definition) is 0. The van der Waals surface area contributed by atoms with E-state index in [4.69, 9.17) is 9.72 Å².